The number of aryl methyl sites for hydroxylation is 1. The van der Waals surface area contributed by atoms with Crippen LogP contribution in [-0.4, -0.2) is 14.5 Å². The second-order valence-corrected chi connectivity index (χ2v) is 16.1. The van der Waals surface area contributed by atoms with E-state index in [-0.39, 0.29) is 16.4 Å². The Hall–Kier alpha value is -1.13. The largest absolute Gasteiger partial charge is 0.297 e. The molecule has 3 saturated carbocycles. The van der Waals surface area contributed by atoms with E-state index in [0.29, 0.717) is 5.41 Å². The molecule has 4 heteroatoms. The molecule has 4 aliphatic rings. The normalized spacial score (nSPS) is 37.8. The van der Waals surface area contributed by atoms with E-state index in [1.54, 1.807) is 12.1 Å². The van der Waals surface area contributed by atoms with Crippen molar-refractivity contribution >= 4 is 10.1 Å². The third kappa shape index (κ3) is 5.18. The van der Waals surface area contributed by atoms with Crippen molar-refractivity contribution in [3.8, 4) is 0 Å². The van der Waals surface area contributed by atoms with Gasteiger partial charge in [0.05, 0.1) is 11.0 Å². The fraction of sp³-hybridized carbons (Fsp3) is 0.765. The van der Waals surface area contributed by atoms with Crippen molar-refractivity contribution < 1.29 is 12.6 Å². The van der Waals surface area contributed by atoms with Gasteiger partial charge in [-0.25, -0.2) is 0 Å². The third-order valence-electron chi connectivity index (χ3n) is 11.8. The Bertz CT molecular complexity index is 1120. The van der Waals surface area contributed by atoms with E-state index in [2.05, 4.69) is 40.7 Å². The fourth-order valence-corrected chi connectivity index (χ4v) is 10.8. The van der Waals surface area contributed by atoms with E-state index in [0.717, 1.165) is 60.3 Å². The van der Waals surface area contributed by atoms with E-state index >= 15 is 0 Å². The Morgan fingerprint density at radius 2 is 1.68 bits per heavy atom. The van der Waals surface area contributed by atoms with Crippen molar-refractivity contribution in [2.75, 3.05) is 0 Å². The van der Waals surface area contributed by atoms with Gasteiger partial charge in [-0.05, 0) is 117 Å². The van der Waals surface area contributed by atoms with Crippen LogP contribution in [0.3, 0.4) is 0 Å². The summed E-state index contributed by atoms with van der Waals surface area (Å²) in [7, 11) is -3.73. The first-order valence-corrected chi connectivity index (χ1v) is 17.0. The van der Waals surface area contributed by atoms with E-state index < -0.39 is 10.1 Å². The molecule has 0 amide bonds. The lowest BCUT2D eigenvalue weighted by Crippen LogP contribution is -2.51. The molecule has 38 heavy (non-hydrogen) atoms. The lowest BCUT2D eigenvalue weighted by molar-refractivity contribution is -0.0556. The molecule has 8 atom stereocenters. The monoisotopic (exact) mass is 540 g/mol. The zero-order chi connectivity index (χ0) is 27.3. The van der Waals surface area contributed by atoms with Crippen LogP contribution in [0.5, 0.6) is 0 Å². The molecule has 3 nitrogen and oxygen atoms in total. The molecular formula is C34H52O3S. The Morgan fingerprint density at radius 3 is 2.39 bits per heavy atom. The smallest absolute Gasteiger partial charge is 0.263 e. The molecule has 4 aliphatic carbocycles. The van der Waals surface area contributed by atoms with Gasteiger partial charge >= 0.3 is 0 Å². The van der Waals surface area contributed by atoms with Gasteiger partial charge in [-0.3, -0.25) is 4.18 Å². The number of hydrogen-bond acceptors (Lipinski definition) is 3. The van der Waals surface area contributed by atoms with E-state index in [1.165, 1.54) is 56.9 Å². The minimum atomic E-state index is -3.73. The maximum absolute atomic E-state index is 13.0. The molecule has 0 heterocycles. The highest BCUT2D eigenvalue weighted by atomic mass is 32.2. The van der Waals surface area contributed by atoms with Crippen LogP contribution in [0.15, 0.2) is 40.8 Å². The van der Waals surface area contributed by atoms with Crippen LogP contribution >= 0.6 is 0 Å². The summed E-state index contributed by atoms with van der Waals surface area (Å²) in [5.41, 5.74) is 3.24. The van der Waals surface area contributed by atoms with Crippen molar-refractivity contribution in [3.05, 3.63) is 41.5 Å². The Kier molecular flexibility index (Phi) is 7.99. The number of allylic oxidation sites excluding steroid dienone is 1. The molecule has 0 N–H and O–H groups in total. The molecule has 0 bridgehead atoms. The molecule has 0 aliphatic heterocycles. The second-order valence-electron chi connectivity index (χ2n) is 14.5. The Labute approximate surface area is 233 Å². The van der Waals surface area contributed by atoms with Gasteiger partial charge in [-0.15, -0.1) is 0 Å². The number of benzene rings is 1. The van der Waals surface area contributed by atoms with Gasteiger partial charge in [0, 0.05) is 0 Å². The molecule has 0 unspecified atom stereocenters. The second kappa shape index (κ2) is 10.7. The molecule has 0 spiro atoms. The van der Waals surface area contributed by atoms with E-state index in [9.17, 15) is 8.42 Å². The fourth-order valence-electron chi connectivity index (χ4n) is 9.67. The molecule has 5 rings (SSSR count). The lowest BCUT2D eigenvalue weighted by Gasteiger charge is -2.58. The molecular weight excluding hydrogens is 488 g/mol. The summed E-state index contributed by atoms with van der Waals surface area (Å²) in [6.45, 7) is 14.4. The van der Waals surface area contributed by atoms with E-state index in [4.69, 9.17) is 4.18 Å². The highest BCUT2D eigenvalue weighted by Crippen LogP contribution is 2.67. The zero-order valence-electron chi connectivity index (χ0n) is 24.8. The summed E-state index contributed by atoms with van der Waals surface area (Å²) < 4.78 is 31.8. The maximum Gasteiger partial charge on any atom is 0.297 e. The molecule has 212 valence electrons. The van der Waals surface area contributed by atoms with Crippen molar-refractivity contribution in [3.63, 3.8) is 0 Å². The average molecular weight is 541 g/mol. The van der Waals surface area contributed by atoms with Crippen LogP contribution in [0.1, 0.15) is 111 Å². The van der Waals surface area contributed by atoms with Gasteiger partial charge in [0.25, 0.3) is 10.1 Å². The summed E-state index contributed by atoms with van der Waals surface area (Å²) >= 11 is 0. The van der Waals surface area contributed by atoms with Crippen LogP contribution in [0.2, 0.25) is 0 Å². The first kappa shape index (κ1) is 28.4. The maximum atomic E-state index is 13.0. The van der Waals surface area contributed by atoms with Crippen LogP contribution in [0.4, 0.5) is 0 Å². The highest BCUT2D eigenvalue weighted by molar-refractivity contribution is 7.86. The van der Waals surface area contributed by atoms with Crippen LogP contribution < -0.4 is 0 Å². The van der Waals surface area contributed by atoms with Gasteiger partial charge in [0.2, 0.25) is 0 Å². The van der Waals surface area contributed by atoms with Crippen molar-refractivity contribution in [1.82, 2.24) is 0 Å². The molecule has 3 fully saturated rings. The number of fused-ring (bicyclic) bond motifs is 5. The van der Waals surface area contributed by atoms with E-state index in [1.807, 2.05) is 19.1 Å². The molecule has 1 aromatic rings. The summed E-state index contributed by atoms with van der Waals surface area (Å²) in [6, 6.07) is 7.02. The van der Waals surface area contributed by atoms with Gasteiger partial charge < -0.3 is 0 Å². The minimum absolute atomic E-state index is 0.207. The summed E-state index contributed by atoms with van der Waals surface area (Å²) in [5, 5.41) is 0. The number of hydrogen-bond donors (Lipinski definition) is 0. The quantitative estimate of drug-likeness (QED) is 0.244. The molecule has 0 saturated heterocycles. The van der Waals surface area contributed by atoms with Gasteiger partial charge in [-0.1, -0.05) is 83.2 Å². The summed E-state index contributed by atoms with van der Waals surface area (Å²) in [4.78, 5) is 0.273. The summed E-state index contributed by atoms with van der Waals surface area (Å²) in [5.74, 6) is 4.93. The highest BCUT2D eigenvalue weighted by Gasteiger charge is 2.59. The molecule has 0 radical (unpaired) electrons. The molecule has 0 aromatic heterocycles. The Balaban J connectivity index is 1.27. The van der Waals surface area contributed by atoms with Crippen molar-refractivity contribution in [2.45, 2.75) is 123 Å². The zero-order valence-corrected chi connectivity index (χ0v) is 25.7. The Morgan fingerprint density at radius 1 is 0.947 bits per heavy atom. The topological polar surface area (TPSA) is 43.4 Å². The van der Waals surface area contributed by atoms with Gasteiger partial charge in [0.15, 0.2) is 0 Å². The van der Waals surface area contributed by atoms with Gasteiger partial charge in [-0.2, -0.15) is 8.42 Å². The van der Waals surface area contributed by atoms with Crippen LogP contribution in [0, 0.1) is 53.3 Å². The van der Waals surface area contributed by atoms with Crippen LogP contribution in [-0.2, 0) is 14.3 Å². The number of rotatable bonds is 8. The standard InChI is InChI=1S/C34H52O3S/c1-23(2)8-7-9-25(4)30-16-17-31-29-15-12-26-22-27(37-38(35,36)28-13-10-24(3)11-14-28)18-20-33(26,5)32(29)19-21-34(30,31)6/h10-14,23,25,27,29-32H,7-9,15-22H2,1-6H3/t25-,27+,29-,30+,31-,32-,33+,34+/m1/s1. The SMILES string of the molecule is Cc1ccc(S(=O)(=O)O[C@H]2CC[C@@]3(C)C(=CC[C@@H]4[C@H]5CC[C@@H]([C@H](C)CCCC(C)C)[C@]5(C)CC[C@H]43)C2)cc1. The first-order chi connectivity index (χ1) is 17.9. The van der Waals surface area contributed by atoms with Crippen LogP contribution in [0.25, 0.3) is 0 Å². The third-order valence-corrected chi connectivity index (χ3v) is 13.2. The van der Waals surface area contributed by atoms with Crippen molar-refractivity contribution in [2.24, 2.45) is 46.3 Å². The van der Waals surface area contributed by atoms with Gasteiger partial charge in [0.1, 0.15) is 0 Å². The predicted molar refractivity (Wildman–Crippen MR) is 156 cm³/mol. The predicted octanol–water partition coefficient (Wildman–Crippen LogP) is 9.11. The average Bonchev–Trinajstić information content (AvgIpc) is 3.21. The molecule has 1 aromatic carbocycles. The first-order valence-electron chi connectivity index (χ1n) is 15.6. The summed E-state index contributed by atoms with van der Waals surface area (Å²) in [6.07, 6.45) is 15.8. The lowest BCUT2D eigenvalue weighted by atomic mass is 9.47. The van der Waals surface area contributed by atoms with Crippen molar-refractivity contribution in [1.29, 1.82) is 0 Å². The minimum Gasteiger partial charge on any atom is -0.263 e.